The summed E-state index contributed by atoms with van der Waals surface area (Å²) in [5.74, 6) is 10.5. The summed E-state index contributed by atoms with van der Waals surface area (Å²) in [6.45, 7) is 2.12. The highest BCUT2D eigenvalue weighted by molar-refractivity contribution is 9.10. The van der Waals surface area contributed by atoms with Gasteiger partial charge in [-0.1, -0.05) is 59.7 Å². The van der Waals surface area contributed by atoms with E-state index < -0.39 is 12.2 Å². The first-order valence-corrected chi connectivity index (χ1v) is 7.55. The van der Waals surface area contributed by atoms with E-state index in [0.29, 0.717) is 6.42 Å². The van der Waals surface area contributed by atoms with Crippen LogP contribution in [-0.4, -0.2) is 16.3 Å². The van der Waals surface area contributed by atoms with Crippen molar-refractivity contribution in [3.05, 3.63) is 34.3 Å². The monoisotopic (exact) mass is 334 g/mol. The Bertz CT molecular complexity index is 514. The molecule has 1 aromatic rings. The number of aliphatic hydroxyl groups excluding tert-OH is 2. The maximum absolute atomic E-state index is 9.83. The molecule has 0 aliphatic heterocycles. The van der Waals surface area contributed by atoms with Gasteiger partial charge >= 0.3 is 0 Å². The lowest BCUT2D eigenvalue weighted by atomic mass is 10.1. The van der Waals surface area contributed by atoms with E-state index in [2.05, 4.69) is 46.5 Å². The van der Waals surface area contributed by atoms with E-state index >= 15 is 0 Å². The van der Waals surface area contributed by atoms with Crippen LogP contribution in [0.2, 0.25) is 0 Å². The fraction of sp³-hybridized carbons (Fsp3) is 0.412. The summed E-state index contributed by atoms with van der Waals surface area (Å²) < 4.78 is 0.955. The molecule has 2 nitrogen and oxygen atoms in total. The molecule has 3 heteroatoms. The van der Waals surface area contributed by atoms with Gasteiger partial charge in [-0.2, -0.15) is 0 Å². The molecule has 0 amide bonds. The van der Waals surface area contributed by atoms with Crippen LogP contribution >= 0.6 is 15.9 Å². The molecule has 0 aliphatic rings. The molecule has 2 N–H and O–H groups in total. The summed E-state index contributed by atoms with van der Waals surface area (Å²) in [4.78, 5) is 0. The molecule has 0 saturated heterocycles. The first-order valence-electron chi connectivity index (χ1n) is 6.76. The van der Waals surface area contributed by atoms with Crippen LogP contribution in [0.3, 0.4) is 0 Å². The summed E-state index contributed by atoms with van der Waals surface area (Å²) in [6.07, 6.45) is 2.40. The summed E-state index contributed by atoms with van der Waals surface area (Å²) in [5.41, 5.74) is 0.728. The molecule has 0 radical (unpaired) electrons. The number of aliphatic hydroxyl groups is 2. The van der Waals surface area contributed by atoms with E-state index in [4.69, 9.17) is 0 Å². The molecule has 0 fully saturated rings. The number of benzene rings is 1. The molecule has 0 aliphatic carbocycles. The van der Waals surface area contributed by atoms with Crippen molar-refractivity contribution in [2.75, 3.05) is 0 Å². The zero-order valence-electron chi connectivity index (χ0n) is 11.6. The molecule has 0 spiro atoms. The second-order valence-corrected chi connectivity index (χ2v) is 5.42. The molecule has 0 bridgehead atoms. The number of halogens is 1. The van der Waals surface area contributed by atoms with E-state index in [9.17, 15) is 10.2 Å². The fourth-order valence-corrected chi connectivity index (χ4v) is 1.88. The van der Waals surface area contributed by atoms with Gasteiger partial charge in [0, 0.05) is 4.47 Å². The van der Waals surface area contributed by atoms with Gasteiger partial charge in [0.05, 0.1) is 0 Å². The van der Waals surface area contributed by atoms with Crippen LogP contribution in [0, 0.1) is 23.7 Å². The van der Waals surface area contributed by atoms with Gasteiger partial charge in [-0.15, -0.1) is 0 Å². The third kappa shape index (κ3) is 6.78. The lowest BCUT2D eigenvalue weighted by molar-refractivity contribution is 0.217. The minimum absolute atomic E-state index is 0.624. The topological polar surface area (TPSA) is 40.5 Å². The Morgan fingerprint density at radius 2 is 1.70 bits per heavy atom. The molecule has 1 rings (SSSR count). The van der Waals surface area contributed by atoms with Gasteiger partial charge in [0.2, 0.25) is 0 Å². The standard InChI is InChI=1S/C17H19BrO2/c1-2-3-4-7-16(19)8-5-6-9-17(20)14-10-12-15(18)13-11-14/h10-13,16-17,19-20H,2-4,7H2,1H3. The van der Waals surface area contributed by atoms with E-state index in [1.165, 1.54) is 0 Å². The molecule has 106 valence electrons. The zero-order valence-corrected chi connectivity index (χ0v) is 13.2. The SMILES string of the molecule is CCCCCC(O)C#CC#CC(O)c1ccc(Br)cc1. The van der Waals surface area contributed by atoms with Crippen molar-refractivity contribution in [2.45, 2.75) is 44.8 Å². The highest BCUT2D eigenvalue weighted by Gasteiger charge is 2.02. The average Bonchev–Trinajstić information content (AvgIpc) is 2.44. The number of hydrogen-bond acceptors (Lipinski definition) is 2. The quantitative estimate of drug-likeness (QED) is 0.639. The fourth-order valence-electron chi connectivity index (χ4n) is 1.61. The second kappa shape index (κ2) is 9.61. The smallest absolute Gasteiger partial charge is 0.141 e. The van der Waals surface area contributed by atoms with Gasteiger partial charge in [0.15, 0.2) is 0 Å². The molecule has 0 saturated carbocycles. The highest BCUT2D eigenvalue weighted by atomic mass is 79.9. The van der Waals surface area contributed by atoms with Crippen LogP contribution < -0.4 is 0 Å². The van der Waals surface area contributed by atoms with Crippen LogP contribution in [0.1, 0.15) is 44.3 Å². The van der Waals surface area contributed by atoms with E-state index in [0.717, 1.165) is 29.3 Å². The summed E-state index contributed by atoms with van der Waals surface area (Å²) in [7, 11) is 0. The Hall–Kier alpha value is -1.26. The van der Waals surface area contributed by atoms with Crippen LogP contribution in [0.25, 0.3) is 0 Å². The van der Waals surface area contributed by atoms with Gasteiger partial charge in [-0.05, 0) is 42.4 Å². The molecule has 0 aromatic heterocycles. The molecule has 1 aromatic carbocycles. The van der Waals surface area contributed by atoms with E-state index in [1.807, 2.05) is 12.1 Å². The second-order valence-electron chi connectivity index (χ2n) is 4.50. The number of hydrogen-bond donors (Lipinski definition) is 2. The predicted molar refractivity (Wildman–Crippen MR) is 84.8 cm³/mol. The van der Waals surface area contributed by atoms with Crippen LogP contribution in [0.4, 0.5) is 0 Å². The van der Waals surface area contributed by atoms with Gasteiger partial charge in [-0.25, -0.2) is 0 Å². The van der Waals surface area contributed by atoms with Crippen molar-refractivity contribution in [3.8, 4) is 23.7 Å². The zero-order chi connectivity index (χ0) is 14.8. The first kappa shape index (κ1) is 16.8. The van der Waals surface area contributed by atoms with Crippen molar-refractivity contribution in [1.82, 2.24) is 0 Å². The van der Waals surface area contributed by atoms with E-state index in [-0.39, 0.29) is 0 Å². The maximum atomic E-state index is 9.83. The minimum Gasteiger partial charge on any atom is -0.380 e. The summed E-state index contributed by atoms with van der Waals surface area (Å²) in [6, 6.07) is 7.31. The van der Waals surface area contributed by atoms with Crippen LogP contribution in [0.15, 0.2) is 28.7 Å². The lowest BCUT2D eigenvalue weighted by Gasteiger charge is -2.02. The lowest BCUT2D eigenvalue weighted by Crippen LogP contribution is -2.01. The Morgan fingerprint density at radius 1 is 1.05 bits per heavy atom. The van der Waals surface area contributed by atoms with Crippen molar-refractivity contribution in [3.63, 3.8) is 0 Å². The van der Waals surface area contributed by atoms with Gasteiger partial charge < -0.3 is 10.2 Å². The molecule has 2 atom stereocenters. The minimum atomic E-state index is -0.852. The normalized spacial score (nSPS) is 12.6. The van der Waals surface area contributed by atoms with Crippen LogP contribution in [-0.2, 0) is 0 Å². The summed E-state index contributed by atoms with van der Waals surface area (Å²) >= 11 is 3.33. The average molecular weight is 335 g/mol. The van der Waals surface area contributed by atoms with Gasteiger partial charge in [0.25, 0.3) is 0 Å². The third-order valence-electron chi connectivity index (χ3n) is 2.78. The Balaban J connectivity index is 2.47. The third-order valence-corrected chi connectivity index (χ3v) is 3.31. The van der Waals surface area contributed by atoms with Crippen molar-refractivity contribution in [1.29, 1.82) is 0 Å². The summed E-state index contributed by atoms with van der Waals surface area (Å²) in [5, 5.41) is 19.4. The Labute approximate surface area is 129 Å². The molecule has 2 unspecified atom stereocenters. The van der Waals surface area contributed by atoms with Crippen molar-refractivity contribution < 1.29 is 10.2 Å². The highest BCUT2D eigenvalue weighted by Crippen LogP contribution is 2.15. The largest absolute Gasteiger partial charge is 0.380 e. The van der Waals surface area contributed by atoms with Gasteiger partial charge in [-0.3, -0.25) is 0 Å². The first-order chi connectivity index (χ1) is 9.63. The Kier molecular flexibility index (Phi) is 8.07. The van der Waals surface area contributed by atoms with Crippen molar-refractivity contribution >= 4 is 15.9 Å². The van der Waals surface area contributed by atoms with Crippen molar-refractivity contribution in [2.24, 2.45) is 0 Å². The number of unbranched alkanes of at least 4 members (excludes halogenated alkanes) is 2. The van der Waals surface area contributed by atoms with Crippen LogP contribution in [0.5, 0.6) is 0 Å². The molecular weight excluding hydrogens is 316 g/mol. The number of rotatable bonds is 5. The molecule has 0 heterocycles. The molecule has 20 heavy (non-hydrogen) atoms. The molecular formula is C17H19BrO2. The predicted octanol–water partition coefficient (Wildman–Crippen LogP) is 3.43. The van der Waals surface area contributed by atoms with Gasteiger partial charge in [0.1, 0.15) is 12.2 Å². The Morgan fingerprint density at radius 3 is 2.35 bits per heavy atom. The van der Waals surface area contributed by atoms with E-state index in [1.54, 1.807) is 12.1 Å². The maximum Gasteiger partial charge on any atom is 0.141 e.